The van der Waals surface area contributed by atoms with Crippen LogP contribution in [0, 0.1) is 0 Å². The molecule has 0 aliphatic heterocycles. The molecule has 0 aliphatic carbocycles. The summed E-state index contributed by atoms with van der Waals surface area (Å²) in [6, 6.07) is 0. The minimum atomic E-state index is -0.359. The second-order valence-corrected chi connectivity index (χ2v) is 2.21. The lowest BCUT2D eigenvalue weighted by molar-refractivity contribution is -0.146. The van der Waals surface area contributed by atoms with E-state index >= 15 is 0 Å². The Morgan fingerprint density at radius 2 is 2.25 bits per heavy atom. The van der Waals surface area contributed by atoms with Crippen molar-refractivity contribution in [1.82, 2.24) is 0 Å². The van der Waals surface area contributed by atoms with E-state index in [0.717, 1.165) is 0 Å². The van der Waals surface area contributed by atoms with Crippen molar-refractivity contribution in [1.29, 1.82) is 0 Å². The van der Waals surface area contributed by atoms with E-state index in [2.05, 4.69) is 13.2 Å². The zero-order chi connectivity index (χ0) is 9.40. The van der Waals surface area contributed by atoms with E-state index < -0.39 is 0 Å². The summed E-state index contributed by atoms with van der Waals surface area (Å²) < 4.78 is 9.90. The number of hydrogen-bond acceptors (Lipinski definition) is 3. The maximum absolute atomic E-state index is 10.5. The average Bonchev–Trinajstić information content (AvgIpc) is 2.02. The Kier molecular flexibility index (Phi) is 6.01. The number of ether oxygens (including phenoxy) is 2. The molecule has 0 bridgehead atoms. The molecular weight excluding hydrogens is 156 g/mol. The van der Waals surface area contributed by atoms with Crippen LogP contribution in [0.4, 0.5) is 0 Å². The lowest BCUT2D eigenvalue weighted by Gasteiger charge is -2.11. The van der Waals surface area contributed by atoms with Gasteiger partial charge in [0.15, 0.2) is 0 Å². The summed E-state index contributed by atoms with van der Waals surface area (Å²) in [5.41, 5.74) is 0. The predicted octanol–water partition coefficient (Wildman–Crippen LogP) is 1.31. The topological polar surface area (TPSA) is 35.5 Å². The third kappa shape index (κ3) is 5.68. The second kappa shape index (κ2) is 6.61. The largest absolute Gasteiger partial charge is 0.456 e. The molecule has 0 spiro atoms. The SMILES string of the molecule is C=CCOCC(C=C)OC(C)=O. The monoisotopic (exact) mass is 170 g/mol. The van der Waals surface area contributed by atoms with Gasteiger partial charge < -0.3 is 9.47 Å². The van der Waals surface area contributed by atoms with E-state index in [1.54, 1.807) is 6.08 Å². The molecule has 12 heavy (non-hydrogen) atoms. The Bertz CT molecular complexity index is 163. The highest BCUT2D eigenvalue weighted by molar-refractivity contribution is 5.66. The lowest BCUT2D eigenvalue weighted by Crippen LogP contribution is -2.19. The first kappa shape index (κ1) is 10.9. The molecule has 0 saturated heterocycles. The van der Waals surface area contributed by atoms with E-state index in [9.17, 15) is 4.79 Å². The fourth-order valence-electron chi connectivity index (χ4n) is 0.631. The minimum absolute atomic E-state index is 0.328. The summed E-state index contributed by atoms with van der Waals surface area (Å²) in [5, 5.41) is 0. The van der Waals surface area contributed by atoms with Crippen LogP contribution in [-0.4, -0.2) is 25.3 Å². The van der Waals surface area contributed by atoms with Crippen molar-refractivity contribution in [3.8, 4) is 0 Å². The molecule has 0 N–H and O–H groups in total. The number of hydrogen-bond donors (Lipinski definition) is 0. The molecule has 0 fully saturated rings. The third-order valence-corrected chi connectivity index (χ3v) is 1.10. The molecule has 68 valence electrons. The molecule has 0 aliphatic rings. The fraction of sp³-hybridized carbons (Fsp3) is 0.444. The van der Waals surface area contributed by atoms with Crippen LogP contribution in [0.5, 0.6) is 0 Å². The van der Waals surface area contributed by atoms with Gasteiger partial charge in [0.25, 0.3) is 0 Å². The van der Waals surface area contributed by atoms with Gasteiger partial charge in [-0.15, -0.1) is 6.58 Å². The van der Waals surface area contributed by atoms with Crippen molar-refractivity contribution in [2.24, 2.45) is 0 Å². The Morgan fingerprint density at radius 3 is 2.67 bits per heavy atom. The first-order valence-corrected chi connectivity index (χ1v) is 3.69. The van der Waals surface area contributed by atoms with Crippen LogP contribution in [-0.2, 0) is 14.3 Å². The first-order valence-electron chi connectivity index (χ1n) is 3.69. The standard InChI is InChI=1S/C9H14O3/c1-4-6-11-7-9(5-2)12-8(3)10/h4-5,9H,1-2,6-7H2,3H3. The summed E-state index contributed by atoms with van der Waals surface area (Å²) >= 11 is 0. The highest BCUT2D eigenvalue weighted by atomic mass is 16.6. The number of carbonyl (C=O) groups is 1. The van der Waals surface area contributed by atoms with Crippen LogP contribution >= 0.6 is 0 Å². The molecule has 0 saturated carbocycles. The van der Waals surface area contributed by atoms with Crippen molar-refractivity contribution in [2.45, 2.75) is 13.0 Å². The van der Waals surface area contributed by atoms with Crippen molar-refractivity contribution in [3.63, 3.8) is 0 Å². The highest BCUT2D eigenvalue weighted by Gasteiger charge is 2.06. The van der Waals surface area contributed by atoms with Gasteiger partial charge in [0.2, 0.25) is 0 Å². The highest BCUT2D eigenvalue weighted by Crippen LogP contribution is 1.95. The normalized spacial score (nSPS) is 11.8. The van der Waals surface area contributed by atoms with E-state index in [1.807, 2.05) is 0 Å². The zero-order valence-electron chi connectivity index (χ0n) is 7.29. The third-order valence-electron chi connectivity index (χ3n) is 1.10. The summed E-state index contributed by atoms with van der Waals surface area (Å²) in [7, 11) is 0. The van der Waals surface area contributed by atoms with Gasteiger partial charge in [-0.2, -0.15) is 0 Å². The van der Waals surface area contributed by atoms with E-state index in [-0.39, 0.29) is 12.1 Å². The van der Waals surface area contributed by atoms with E-state index in [1.165, 1.54) is 13.0 Å². The molecule has 0 rings (SSSR count). The van der Waals surface area contributed by atoms with Crippen molar-refractivity contribution in [2.75, 3.05) is 13.2 Å². The Balaban J connectivity index is 3.59. The Hall–Kier alpha value is -1.09. The van der Waals surface area contributed by atoms with Crippen LogP contribution in [0.1, 0.15) is 6.92 Å². The van der Waals surface area contributed by atoms with Gasteiger partial charge in [0.1, 0.15) is 6.10 Å². The van der Waals surface area contributed by atoms with Crippen LogP contribution in [0.15, 0.2) is 25.3 Å². The average molecular weight is 170 g/mol. The molecule has 3 nitrogen and oxygen atoms in total. The van der Waals surface area contributed by atoms with Crippen LogP contribution in [0.3, 0.4) is 0 Å². The fourth-order valence-corrected chi connectivity index (χ4v) is 0.631. The summed E-state index contributed by atoms with van der Waals surface area (Å²) in [6.45, 7) is 9.13. The quantitative estimate of drug-likeness (QED) is 0.342. The molecular formula is C9H14O3. The molecule has 1 unspecified atom stereocenters. The van der Waals surface area contributed by atoms with Crippen molar-refractivity contribution in [3.05, 3.63) is 25.3 Å². The van der Waals surface area contributed by atoms with E-state index in [4.69, 9.17) is 9.47 Å². The summed E-state index contributed by atoms with van der Waals surface area (Å²) in [5.74, 6) is -0.331. The van der Waals surface area contributed by atoms with Crippen LogP contribution in [0.2, 0.25) is 0 Å². The summed E-state index contributed by atoms with van der Waals surface area (Å²) in [4.78, 5) is 10.5. The molecule has 0 aromatic carbocycles. The number of rotatable bonds is 6. The Morgan fingerprint density at radius 1 is 1.58 bits per heavy atom. The van der Waals surface area contributed by atoms with E-state index in [0.29, 0.717) is 13.2 Å². The predicted molar refractivity (Wildman–Crippen MR) is 46.8 cm³/mol. The van der Waals surface area contributed by atoms with Crippen molar-refractivity contribution >= 4 is 5.97 Å². The molecule has 0 radical (unpaired) electrons. The zero-order valence-corrected chi connectivity index (χ0v) is 7.29. The molecule has 1 atom stereocenters. The first-order chi connectivity index (χ1) is 5.70. The van der Waals surface area contributed by atoms with Crippen molar-refractivity contribution < 1.29 is 14.3 Å². The smallest absolute Gasteiger partial charge is 0.303 e. The van der Waals surface area contributed by atoms with Gasteiger partial charge in [-0.3, -0.25) is 4.79 Å². The van der Waals surface area contributed by atoms with Crippen LogP contribution < -0.4 is 0 Å². The van der Waals surface area contributed by atoms with Crippen LogP contribution in [0.25, 0.3) is 0 Å². The van der Waals surface area contributed by atoms with Gasteiger partial charge in [0.05, 0.1) is 13.2 Å². The molecule has 0 heterocycles. The number of esters is 1. The molecule has 3 heteroatoms. The van der Waals surface area contributed by atoms with Gasteiger partial charge >= 0.3 is 5.97 Å². The maximum atomic E-state index is 10.5. The second-order valence-electron chi connectivity index (χ2n) is 2.21. The van der Waals surface area contributed by atoms with Gasteiger partial charge in [-0.25, -0.2) is 0 Å². The molecule has 0 aromatic heterocycles. The van der Waals surface area contributed by atoms with Gasteiger partial charge in [-0.1, -0.05) is 12.7 Å². The summed E-state index contributed by atoms with van der Waals surface area (Å²) in [6.07, 6.45) is 2.81. The number of carbonyl (C=O) groups excluding carboxylic acids is 1. The van der Waals surface area contributed by atoms with Gasteiger partial charge in [-0.05, 0) is 6.08 Å². The molecule has 0 aromatic rings. The lowest BCUT2D eigenvalue weighted by atomic mass is 10.4. The van der Waals surface area contributed by atoms with Gasteiger partial charge in [0, 0.05) is 6.92 Å². The maximum Gasteiger partial charge on any atom is 0.303 e. The molecule has 0 amide bonds. The Labute approximate surface area is 72.7 Å². The minimum Gasteiger partial charge on any atom is -0.456 e.